The fraction of sp³-hybridized carbons (Fsp3) is 0.571. The second kappa shape index (κ2) is 4.88. The SMILES string of the molecule is COc1ccc(C2CCOC3(CCOC3)N2)cc1. The smallest absolute Gasteiger partial charge is 0.145 e. The average molecular weight is 249 g/mol. The molecule has 2 aliphatic heterocycles. The number of hydrogen-bond donors (Lipinski definition) is 1. The molecule has 4 nitrogen and oxygen atoms in total. The Bertz CT molecular complexity index is 398. The van der Waals surface area contributed by atoms with Gasteiger partial charge in [-0.15, -0.1) is 0 Å². The van der Waals surface area contributed by atoms with Crippen molar-refractivity contribution in [3.63, 3.8) is 0 Å². The number of nitrogens with one attached hydrogen (secondary N) is 1. The van der Waals surface area contributed by atoms with Crippen LogP contribution in [0.1, 0.15) is 24.4 Å². The van der Waals surface area contributed by atoms with Crippen molar-refractivity contribution in [3.8, 4) is 5.75 Å². The number of methoxy groups -OCH3 is 1. The lowest BCUT2D eigenvalue weighted by molar-refractivity contribution is -0.111. The van der Waals surface area contributed by atoms with Crippen LogP contribution in [0.25, 0.3) is 0 Å². The summed E-state index contributed by atoms with van der Waals surface area (Å²) in [6.45, 7) is 2.22. The molecule has 0 radical (unpaired) electrons. The predicted octanol–water partition coefficient (Wildman–Crippen LogP) is 1.86. The fourth-order valence-electron chi connectivity index (χ4n) is 2.66. The molecular formula is C14H19NO3. The predicted molar refractivity (Wildman–Crippen MR) is 67.6 cm³/mol. The van der Waals surface area contributed by atoms with Crippen LogP contribution in [0.5, 0.6) is 5.75 Å². The van der Waals surface area contributed by atoms with E-state index in [1.165, 1.54) is 5.56 Å². The van der Waals surface area contributed by atoms with Gasteiger partial charge in [-0.05, 0) is 24.1 Å². The maximum absolute atomic E-state index is 5.86. The highest BCUT2D eigenvalue weighted by Gasteiger charge is 2.40. The average Bonchev–Trinajstić information content (AvgIpc) is 2.87. The van der Waals surface area contributed by atoms with Crippen LogP contribution < -0.4 is 10.1 Å². The molecule has 4 heteroatoms. The van der Waals surface area contributed by atoms with Crippen molar-refractivity contribution in [1.82, 2.24) is 5.32 Å². The molecule has 0 amide bonds. The van der Waals surface area contributed by atoms with Gasteiger partial charge in [0, 0.05) is 12.5 Å². The van der Waals surface area contributed by atoms with E-state index in [2.05, 4.69) is 17.4 Å². The van der Waals surface area contributed by atoms with E-state index in [1.807, 2.05) is 12.1 Å². The van der Waals surface area contributed by atoms with Crippen LogP contribution in [0.4, 0.5) is 0 Å². The molecule has 1 N–H and O–H groups in total. The Morgan fingerprint density at radius 3 is 2.78 bits per heavy atom. The van der Waals surface area contributed by atoms with Crippen LogP contribution >= 0.6 is 0 Å². The molecule has 2 fully saturated rings. The van der Waals surface area contributed by atoms with Crippen LogP contribution in [0.2, 0.25) is 0 Å². The van der Waals surface area contributed by atoms with E-state index < -0.39 is 0 Å². The van der Waals surface area contributed by atoms with Crippen molar-refractivity contribution in [2.75, 3.05) is 26.9 Å². The van der Waals surface area contributed by atoms with Gasteiger partial charge in [0.05, 0.1) is 26.9 Å². The van der Waals surface area contributed by atoms with Crippen molar-refractivity contribution in [2.24, 2.45) is 0 Å². The van der Waals surface area contributed by atoms with E-state index in [9.17, 15) is 0 Å². The lowest BCUT2D eigenvalue weighted by Gasteiger charge is -2.38. The first kappa shape index (κ1) is 12.0. The molecule has 1 aromatic rings. The first-order valence-corrected chi connectivity index (χ1v) is 6.45. The van der Waals surface area contributed by atoms with Crippen molar-refractivity contribution in [2.45, 2.75) is 24.6 Å². The van der Waals surface area contributed by atoms with Gasteiger partial charge in [0.2, 0.25) is 0 Å². The molecule has 3 rings (SSSR count). The van der Waals surface area contributed by atoms with Gasteiger partial charge in [-0.1, -0.05) is 12.1 Å². The minimum atomic E-state index is -0.261. The van der Waals surface area contributed by atoms with E-state index in [0.29, 0.717) is 12.6 Å². The van der Waals surface area contributed by atoms with Crippen LogP contribution in [-0.4, -0.2) is 32.7 Å². The lowest BCUT2D eigenvalue weighted by atomic mass is 9.99. The van der Waals surface area contributed by atoms with Crippen LogP contribution in [-0.2, 0) is 9.47 Å². The summed E-state index contributed by atoms with van der Waals surface area (Å²) in [6.07, 6.45) is 1.92. The Morgan fingerprint density at radius 2 is 2.11 bits per heavy atom. The molecule has 98 valence electrons. The largest absolute Gasteiger partial charge is 0.497 e. The van der Waals surface area contributed by atoms with Crippen molar-refractivity contribution < 1.29 is 14.2 Å². The minimum absolute atomic E-state index is 0.261. The number of ether oxygens (including phenoxy) is 3. The highest BCUT2D eigenvalue weighted by molar-refractivity contribution is 5.29. The molecule has 2 saturated heterocycles. The zero-order valence-electron chi connectivity index (χ0n) is 10.6. The summed E-state index contributed by atoms with van der Waals surface area (Å²) in [5, 5.41) is 3.59. The molecule has 2 heterocycles. The standard InChI is InChI=1S/C14H19NO3/c1-16-12-4-2-11(3-5-12)13-6-8-18-14(15-13)7-9-17-10-14/h2-5,13,15H,6-10H2,1H3. The number of hydrogen-bond acceptors (Lipinski definition) is 4. The number of rotatable bonds is 2. The molecule has 2 aliphatic rings. The van der Waals surface area contributed by atoms with E-state index in [1.54, 1.807) is 7.11 Å². The summed E-state index contributed by atoms with van der Waals surface area (Å²) in [6, 6.07) is 8.58. The Kier molecular flexibility index (Phi) is 3.24. The van der Waals surface area contributed by atoms with E-state index in [4.69, 9.17) is 14.2 Å². The third kappa shape index (κ3) is 2.23. The van der Waals surface area contributed by atoms with Crippen molar-refractivity contribution in [3.05, 3.63) is 29.8 Å². The Hall–Kier alpha value is -1.10. The maximum Gasteiger partial charge on any atom is 0.145 e. The normalized spacial score (nSPS) is 31.7. The molecule has 0 bridgehead atoms. The zero-order chi connectivity index (χ0) is 12.4. The fourth-order valence-corrected chi connectivity index (χ4v) is 2.66. The van der Waals surface area contributed by atoms with Gasteiger partial charge in [-0.3, -0.25) is 5.32 Å². The molecule has 2 unspecified atom stereocenters. The van der Waals surface area contributed by atoms with Gasteiger partial charge in [0.15, 0.2) is 0 Å². The molecule has 1 spiro atoms. The van der Waals surface area contributed by atoms with Gasteiger partial charge in [-0.2, -0.15) is 0 Å². The molecule has 0 aromatic heterocycles. The first-order chi connectivity index (χ1) is 8.81. The third-order valence-electron chi connectivity index (χ3n) is 3.73. The van der Waals surface area contributed by atoms with E-state index in [-0.39, 0.29) is 5.72 Å². The Labute approximate surface area is 107 Å². The molecular weight excluding hydrogens is 230 g/mol. The summed E-state index contributed by atoms with van der Waals surface area (Å²) in [5.41, 5.74) is 1.02. The second-order valence-electron chi connectivity index (χ2n) is 4.90. The molecule has 18 heavy (non-hydrogen) atoms. The summed E-state index contributed by atoms with van der Waals surface area (Å²) < 4.78 is 16.5. The third-order valence-corrected chi connectivity index (χ3v) is 3.73. The number of benzene rings is 1. The highest BCUT2D eigenvalue weighted by atomic mass is 16.6. The summed E-state index contributed by atoms with van der Waals surface area (Å²) in [4.78, 5) is 0. The van der Waals surface area contributed by atoms with Gasteiger partial charge >= 0.3 is 0 Å². The van der Waals surface area contributed by atoms with E-state index in [0.717, 1.165) is 31.8 Å². The quantitative estimate of drug-likeness (QED) is 0.868. The topological polar surface area (TPSA) is 39.7 Å². The van der Waals surface area contributed by atoms with Crippen molar-refractivity contribution >= 4 is 0 Å². The zero-order valence-corrected chi connectivity index (χ0v) is 10.6. The van der Waals surface area contributed by atoms with Crippen LogP contribution in [0.3, 0.4) is 0 Å². The summed E-state index contributed by atoms with van der Waals surface area (Å²) in [5.74, 6) is 0.893. The molecule has 0 aliphatic carbocycles. The lowest BCUT2D eigenvalue weighted by Crippen LogP contribution is -2.53. The second-order valence-corrected chi connectivity index (χ2v) is 4.90. The van der Waals surface area contributed by atoms with Crippen LogP contribution in [0, 0.1) is 0 Å². The van der Waals surface area contributed by atoms with Gasteiger partial charge < -0.3 is 14.2 Å². The van der Waals surface area contributed by atoms with Gasteiger partial charge in [0.25, 0.3) is 0 Å². The monoisotopic (exact) mass is 249 g/mol. The summed E-state index contributed by atoms with van der Waals surface area (Å²) in [7, 11) is 1.69. The maximum atomic E-state index is 5.86. The highest BCUT2D eigenvalue weighted by Crippen LogP contribution is 2.31. The minimum Gasteiger partial charge on any atom is -0.497 e. The van der Waals surface area contributed by atoms with E-state index >= 15 is 0 Å². The first-order valence-electron chi connectivity index (χ1n) is 6.45. The van der Waals surface area contributed by atoms with Crippen LogP contribution in [0.15, 0.2) is 24.3 Å². The summed E-state index contributed by atoms with van der Waals surface area (Å²) >= 11 is 0. The van der Waals surface area contributed by atoms with Gasteiger partial charge in [0.1, 0.15) is 11.5 Å². The molecule has 0 saturated carbocycles. The van der Waals surface area contributed by atoms with Crippen molar-refractivity contribution in [1.29, 1.82) is 0 Å². The molecule has 2 atom stereocenters. The Morgan fingerprint density at radius 1 is 1.28 bits per heavy atom. The Balaban J connectivity index is 1.74. The molecule has 1 aromatic carbocycles. The van der Waals surface area contributed by atoms with Gasteiger partial charge in [-0.25, -0.2) is 0 Å².